The molecule has 4 rings (SSSR count). The van der Waals surface area contributed by atoms with E-state index in [-0.39, 0.29) is 5.78 Å². The fourth-order valence-electron chi connectivity index (χ4n) is 3.07. The van der Waals surface area contributed by atoms with Crippen LogP contribution in [0.5, 0.6) is 0 Å². The molecule has 0 atom stereocenters. The van der Waals surface area contributed by atoms with Crippen LogP contribution in [-0.4, -0.2) is 5.78 Å². The molecule has 0 amide bonds. The summed E-state index contributed by atoms with van der Waals surface area (Å²) in [6.45, 7) is 0. The van der Waals surface area contributed by atoms with E-state index in [9.17, 15) is 4.79 Å². The third-order valence-corrected chi connectivity index (χ3v) is 5.54. The molecule has 0 aliphatic rings. The highest BCUT2D eigenvalue weighted by molar-refractivity contribution is 14.1. The Bertz CT molecular complexity index is 1230. The van der Waals surface area contributed by atoms with Crippen molar-refractivity contribution in [2.24, 2.45) is 0 Å². The molecular weight excluding hydrogens is 479 g/mol. The van der Waals surface area contributed by atoms with Gasteiger partial charge in [0.25, 0.3) is 0 Å². The lowest BCUT2D eigenvalue weighted by Gasteiger charge is -2.11. The number of fused-ring (bicyclic) bond motifs is 1. The molecule has 28 heavy (non-hydrogen) atoms. The highest BCUT2D eigenvalue weighted by atomic mass is 127. The van der Waals surface area contributed by atoms with E-state index in [0.717, 1.165) is 25.5 Å². The summed E-state index contributed by atoms with van der Waals surface area (Å²) in [6.07, 6.45) is 0. The molecule has 1 nitrogen and oxygen atoms in total. The zero-order valence-electron chi connectivity index (χ0n) is 14.7. The third kappa shape index (κ3) is 3.82. The van der Waals surface area contributed by atoms with Crippen molar-refractivity contribution < 1.29 is 4.79 Å². The maximum absolute atomic E-state index is 13.4. The van der Waals surface area contributed by atoms with Crippen LogP contribution in [0.15, 0.2) is 84.9 Å². The molecule has 0 aliphatic heterocycles. The zero-order valence-corrected chi connectivity index (χ0v) is 17.7. The largest absolute Gasteiger partial charge is 0.289 e. The van der Waals surface area contributed by atoms with Crippen molar-refractivity contribution in [3.8, 4) is 11.8 Å². The number of rotatable bonds is 2. The Morgan fingerprint density at radius 3 is 2.25 bits per heavy atom. The van der Waals surface area contributed by atoms with Crippen molar-refractivity contribution in [1.82, 2.24) is 0 Å². The Hall–Kier alpha value is -2.61. The van der Waals surface area contributed by atoms with E-state index in [0.29, 0.717) is 16.1 Å². The van der Waals surface area contributed by atoms with Crippen molar-refractivity contribution >= 4 is 50.7 Å². The first-order valence-corrected chi connectivity index (χ1v) is 10.2. The summed E-state index contributed by atoms with van der Waals surface area (Å²) >= 11 is 8.22. The normalized spacial score (nSPS) is 10.4. The molecule has 0 heterocycles. The summed E-state index contributed by atoms with van der Waals surface area (Å²) < 4.78 is 0.956. The Balaban J connectivity index is 1.94. The molecular formula is C25H14ClIO. The molecule has 0 saturated carbocycles. The number of benzene rings is 4. The van der Waals surface area contributed by atoms with E-state index >= 15 is 0 Å². The minimum atomic E-state index is -0.0178. The Morgan fingerprint density at radius 2 is 1.50 bits per heavy atom. The van der Waals surface area contributed by atoms with E-state index in [1.165, 1.54) is 0 Å². The SMILES string of the molecule is O=C(c1ccccc1)c1c(C#Cc2ccc(Cl)cc2)c(I)cc2ccccc12. The molecule has 0 unspecified atom stereocenters. The summed E-state index contributed by atoms with van der Waals surface area (Å²) in [4.78, 5) is 13.4. The number of hydrogen-bond donors (Lipinski definition) is 0. The molecule has 3 heteroatoms. The van der Waals surface area contributed by atoms with Crippen molar-refractivity contribution in [3.05, 3.63) is 116 Å². The van der Waals surface area contributed by atoms with Crippen LogP contribution in [0.3, 0.4) is 0 Å². The van der Waals surface area contributed by atoms with Crippen LogP contribution < -0.4 is 0 Å². The van der Waals surface area contributed by atoms with Gasteiger partial charge in [-0.15, -0.1) is 0 Å². The van der Waals surface area contributed by atoms with Gasteiger partial charge in [0, 0.05) is 25.3 Å². The van der Waals surface area contributed by atoms with Crippen LogP contribution in [0.1, 0.15) is 27.0 Å². The topological polar surface area (TPSA) is 17.1 Å². The fraction of sp³-hybridized carbons (Fsp3) is 0. The van der Waals surface area contributed by atoms with Crippen molar-refractivity contribution in [1.29, 1.82) is 0 Å². The van der Waals surface area contributed by atoms with Crippen LogP contribution in [0.25, 0.3) is 10.8 Å². The highest BCUT2D eigenvalue weighted by Crippen LogP contribution is 2.29. The van der Waals surface area contributed by atoms with E-state index in [2.05, 4.69) is 40.5 Å². The number of hydrogen-bond acceptors (Lipinski definition) is 1. The Kier molecular flexibility index (Phi) is 5.47. The van der Waals surface area contributed by atoms with Gasteiger partial charge in [-0.05, 0) is 63.7 Å². The van der Waals surface area contributed by atoms with Gasteiger partial charge in [0.05, 0.1) is 5.56 Å². The maximum Gasteiger partial charge on any atom is 0.194 e. The second-order valence-electron chi connectivity index (χ2n) is 6.28. The van der Waals surface area contributed by atoms with Gasteiger partial charge in [0.1, 0.15) is 0 Å². The van der Waals surface area contributed by atoms with Crippen LogP contribution in [0.2, 0.25) is 5.02 Å². The predicted molar refractivity (Wildman–Crippen MR) is 124 cm³/mol. The van der Waals surface area contributed by atoms with Gasteiger partial charge in [-0.1, -0.05) is 78.0 Å². The zero-order chi connectivity index (χ0) is 19.5. The van der Waals surface area contributed by atoms with E-state index in [1.54, 1.807) is 0 Å². The minimum absolute atomic E-state index is 0.0178. The first kappa shape index (κ1) is 18.7. The number of carbonyl (C=O) groups is 1. The molecule has 0 aromatic heterocycles. The van der Waals surface area contributed by atoms with Gasteiger partial charge >= 0.3 is 0 Å². The van der Waals surface area contributed by atoms with Crippen molar-refractivity contribution in [2.75, 3.05) is 0 Å². The standard InChI is InChI=1S/C25H14ClIO/c26-20-13-10-17(11-14-20)12-15-22-23(27)16-19-8-4-5-9-21(19)24(22)25(28)18-6-2-1-3-7-18/h1-11,13-14,16H. The second-order valence-corrected chi connectivity index (χ2v) is 7.88. The summed E-state index contributed by atoms with van der Waals surface area (Å²) in [7, 11) is 0. The molecule has 0 aliphatic carbocycles. The first-order valence-electron chi connectivity index (χ1n) is 8.72. The van der Waals surface area contributed by atoms with E-state index in [4.69, 9.17) is 11.6 Å². The predicted octanol–water partition coefficient (Wildman–Crippen LogP) is 6.73. The average molecular weight is 493 g/mol. The van der Waals surface area contributed by atoms with E-state index in [1.807, 2.05) is 78.9 Å². The highest BCUT2D eigenvalue weighted by Gasteiger charge is 2.18. The molecule has 4 aromatic carbocycles. The summed E-state index contributed by atoms with van der Waals surface area (Å²) in [6, 6.07) is 26.7. The van der Waals surface area contributed by atoms with Crippen molar-refractivity contribution in [2.45, 2.75) is 0 Å². The van der Waals surface area contributed by atoms with Crippen molar-refractivity contribution in [3.63, 3.8) is 0 Å². The molecule has 0 bridgehead atoms. The smallest absolute Gasteiger partial charge is 0.194 e. The quantitative estimate of drug-likeness (QED) is 0.172. The molecule has 0 radical (unpaired) electrons. The lowest BCUT2D eigenvalue weighted by molar-refractivity contribution is 0.104. The Labute approximate surface area is 182 Å². The minimum Gasteiger partial charge on any atom is -0.289 e. The van der Waals surface area contributed by atoms with Gasteiger partial charge < -0.3 is 0 Å². The number of ketones is 1. The molecule has 0 N–H and O–H groups in total. The fourth-order valence-corrected chi connectivity index (χ4v) is 3.94. The molecule has 0 fully saturated rings. The van der Waals surface area contributed by atoms with Gasteiger partial charge in [0.2, 0.25) is 0 Å². The lowest BCUT2D eigenvalue weighted by Crippen LogP contribution is -2.06. The van der Waals surface area contributed by atoms with Crippen LogP contribution in [-0.2, 0) is 0 Å². The number of carbonyl (C=O) groups excluding carboxylic acids is 1. The summed E-state index contributed by atoms with van der Waals surface area (Å²) in [5.41, 5.74) is 2.91. The van der Waals surface area contributed by atoms with Gasteiger partial charge in [0.15, 0.2) is 5.78 Å². The Morgan fingerprint density at radius 1 is 0.821 bits per heavy atom. The monoisotopic (exact) mass is 492 g/mol. The lowest BCUT2D eigenvalue weighted by atomic mass is 9.92. The molecule has 0 spiro atoms. The summed E-state index contributed by atoms with van der Waals surface area (Å²) in [5.74, 6) is 6.40. The molecule has 0 saturated heterocycles. The van der Waals surface area contributed by atoms with Gasteiger partial charge in [-0.2, -0.15) is 0 Å². The third-order valence-electron chi connectivity index (χ3n) is 4.44. The van der Waals surface area contributed by atoms with Gasteiger partial charge in [-0.3, -0.25) is 4.79 Å². The van der Waals surface area contributed by atoms with Crippen LogP contribution >= 0.6 is 34.2 Å². The average Bonchev–Trinajstić information content (AvgIpc) is 2.73. The molecule has 134 valence electrons. The molecule has 4 aromatic rings. The van der Waals surface area contributed by atoms with Gasteiger partial charge in [-0.25, -0.2) is 0 Å². The van der Waals surface area contributed by atoms with Crippen LogP contribution in [0.4, 0.5) is 0 Å². The summed E-state index contributed by atoms with van der Waals surface area (Å²) in [5, 5.41) is 2.62. The number of halogens is 2. The van der Waals surface area contributed by atoms with E-state index < -0.39 is 0 Å². The van der Waals surface area contributed by atoms with Crippen LogP contribution in [0, 0.1) is 15.4 Å². The maximum atomic E-state index is 13.4. The second kappa shape index (κ2) is 8.18. The first-order chi connectivity index (χ1) is 13.6.